The van der Waals surface area contributed by atoms with Crippen molar-refractivity contribution >= 4 is 33.0 Å². The number of nitro benzene ring substituents is 2. The molecule has 0 saturated carbocycles. The second-order valence-electron chi connectivity index (χ2n) is 6.16. The van der Waals surface area contributed by atoms with Gasteiger partial charge in [0.15, 0.2) is 0 Å². The minimum absolute atomic E-state index is 0.00165. The Balaban J connectivity index is 2.23. The monoisotopic (exact) mass is 422 g/mol. The highest BCUT2D eigenvalue weighted by Crippen LogP contribution is 2.24. The molecule has 0 aromatic heterocycles. The minimum Gasteiger partial charge on any atom is -0.322 e. The third-order valence-corrected chi connectivity index (χ3v) is 5.58. The third-order valence-electron chi connectivity index (χ3n) is 3.98. The van der Waals surface area contributed by atoms with Crippen molar-refractivity contribution in [3.8, 4) is 0 Å². The van der Waals surface area contributed by atoms with Crippen LogP contribution in [0.3, 0.4) is 0 Å². The highest BCUT2D eigenvalue weighted by molar-refractivity contribution is 7.89. The number of nitrogens with one attached hydrogen (secondary N) is 2. The van der Waals surface area contributed by atoms with Crippen LogP contribution in [-0.2, 0) is 10.0 Å². The van der Waals surface area contributed by atoms with Gasteiger partial charge in [-0.1, -0.05) is 6.92 Å². The Hall–Kier alpha value is -3.38. The Kier molecular flexibility index (Phi) is 6.61. The average molecular weight is 422 g/mol. The van der Waals surface area contributed by atoms with Crippen molar-refractivity contribution in [1.82, 2.24) is 4.72 Å². The fourth-order valence-electron chi connectivity index (χ4n) is 2.27. The van der Waals surface area contributed by atoms with Gasteiger partial charge >= 0.3 is 0 Å². The number of hydrogen-bond acceptors (Lipinski definition) is 7. The van der Waals surface area contributed by atoms with Crippen LogP contribution in [0.5, 0.6) is 0 Å². The van der Waals surface area contributed by atoms with Gasteiger partial charge in [0, 0.05) is 23.9 Å². The maximum atomic E-state index is 12.3. The van der Waals surface area contributed by atoms with Gasteiger partial charge in [0.2, 0.25) is 10.0 Å². The van der Waals surface area contributed by atoms with E-state index in [1.54, 1.807) is 6.92 Å². The molecule has 0 bridgehead atoms. The van der Waals surface area contributed by atoms with Gasteiger partial charge in [-0.3, -0.25) is 25.0 Å². The Morgan fingerprint density at radius 1 is 1.03 bits per heavy atom. The fraction of sp³-hybridized carbons (Fsp3) is 0.235. The summed E-state index contributed by atoms with van der Waals surface area (Å²) < 4.78 is 27.0. The first-order valence-corrected chi connectivity index (χ1v) is 9.89. The lowest BCUT2D eigenvalue weighted by Crippen LogP contribution is -2.31. The molecule has 2 N–H and O–H groups in total. The highest BCUT2D eigenvalue weighted by Gasteiger charge is 2.20. The molecule has 1 amide bonds. The van der Waals surface area contributed by atoms with E-state index in [0.29, 0.717) is 6.42 Å². The lowest BCUT2D eigenvalue weighted by Gasteiger charge is -2.12. The second kappa shape index (κ2) is 8.75. The molecular formula is C17H18N4O7S. The second-order valence-corrected chi connectivity index (χ2v) is 7.88. The number of sulfonamides is 1. The molecule has 1 atom stereocenters. The van der Waals surface area contributed by atoms with Crippen LogP contribution in [0, 0.1) is 20.2 Å². The van der Waals surface area contributed by atoms with Gasteiger partial charge in [-0.2, -0.15) is 0 Å². The summed E-state index contributed by atoms with van der Waals surface area (Å²) in [6, 6.07) is 7.59. The van der Waals surface area contributed by atoms with Crippen LogP contribution in [0.2, 0.25) is 0 Å². The molecule has 2 aromatic carbocycles. The summed E-state index contributed by atoms with van der Waals surface area (Å²) in [6.07, 6.45) is 0.614. The van der Waals surface area contributed by atoms with Crippen LogP contribution in [0.1, 0.15) is 30.6 Å². The van der Waals surface area contributed by atoms with Crippen LogP contribution in [0.4, 0.5) is 17.1 Å². The van der Waals surface area contributed by atoms with E-state index in [-0.39, 0.29) is 22.2 Å². The lowest BCUT2D eigenvalue weighted by molar-refractivity contribution is -0.394. The number of carbonyl (C=O) groups excluding carboxylic acids is 1. The Morgan fingerprint density at radius 3 is 2.00 bits per heavy atom. The molecule has 154 valence electrons. The van der Waals surface area contributed by atoms with Crippen molar-refractivity contribution in [2.75, 3.05) is 5.32 Å². The first-order chi connectivity index (χ1) is 13.5. The molecule has 2 rings (SSSR count). The van der Waals surface area contributed by atoms with Gasteiger partial charge in [0.05, 0.1) is 26.4 Å². The van der Waals surface area contributed by atoms with Gasteiger partial charge in [-0.15, -0.1) is 0 Å². The summed E-state index contributed by atoms with van der Waals surface area (Å²) >= 11 is 0. The number of nitrogens with zero attached hydrogens (tertiary/aromatic N) is 2. The number of amides is 1. The molecule has 12 heteroatoms. The Bertz CT molecular complexity index is 1020. The average Bonchev–Trinajstić information content (AvgIpc) is 2.67. The number of non-ortho nitro benzene ring substituents is 2. The van der Waals surface area contributed by atoms with Crippen molar-refractivity contribution in [3.63, 3.8) is 0 Å². The van der Waals surface area contributed by atoms with Crippen LogP contribution >= 0.6 is 0 Å². The van der Waals surface area contributed by atoms with E-state index in [9.17, 15) is 33.4 Å². The van der Waals surface area contributed by atoms with Crippen LogP contribution in [0.25, 0.3) is 0 Å². The van der Waals surface area contributed by atoms with Crippen molar-refractivity contribution in [2.45, 2.75) is 31.2 Å². The number of hydrogen-bond donors (Lipinski definition) is 2. The zero-order chi connectivity index (χ0) is 21.8. The van der Waals surface area contributed by atoms with Crippen LogP contribution in [-0.4, -0.2) is 30.2 Å². The number of carbonyl (C=O) groups is 1. The fourth-order valence-corrected chi connectivity index (χ4v) is 3.60. The molecule has 0 saturated heterocycles. The lowest BCUT2D eigenvalue weighted by atomic mass is 10.1. The van der Waals surface area contributed by atoms with Gasteiger partial charge in [-0.05, 0) is 37.6 Å². The molecule has 0 heterocycles. The van der Waals surface area contributed by atoms with E-state index < -0.39 is 37.2 Å². The van der Waals surface area contributed by atoms with E-state index in [0.717, 1.165) is 18.2 Å². The predicted octanol–water partition coefficient (Wildman–Crippen LogP) is 2.83. The van der Waals surface area contributed by atoms with E-state index in [4.69, 9.17) is 0 Å². The molecule has 0 radical (unpaired) electrons. The standard InChI is InChI=1S/C17H18N4O7S/c1-3-11(2)19-29(27,28)16-6-4-13(5-7-16)18-17(22)12-8-14(20(23)24)10-15(9-12)21(25)26/h4-11,19H,3H2,1-2H3,(H,18,22). The molecule has 0 aliphatic rings. The highest BCUT2D eigenvalue weighted by atomic mass is 32.2. The zero-order valence-electron chi connectivity index (χ0n) is 15.5. The molecule has 29 heavy (non-hydrogen) atoms. The maximum Gasteiger partial charge on any atom is 0.277 e. The van der Waals surface area contributed by atoms with Crippen LogP contribution in [0.15, 0.2) is 47.4 Å². The first kappa shape index (κ1) is 21.9. The van der Waals surface area contributed by atoms with Gasteiger partial charge in [0.1, 0.15) is 0 Å². The van der Waals surface area contributed by atoms with Crippen molar-refractivity contribution in [1.29, 1.82) is 0 Å². The summed E-state index contributed by atoms with van der Waals surface area (Å²) in [4.78, 5) is 32.5. The van der Waals surface area contributed by atoms with E-state index in [1.165, 1.54) is 24.3 Å². The van der Waals surface area contributed by atoms with Crippen molar-refractivity contribution in [3.05, 3.63) is 68.3 Å². The number of rotatable bonds is 8. The van der Waals surface area contributed by atoms with Crippen molar-refractivity contribution < 1.29 is 23.1 Å². The third kappa shape index (κ3) is 5.56. The predicted molar refractivity (Wildman–Crippen MR) is 104 cm³/mol. The number of nitro groups is 2. The summed E-state index contributed by atoms with van der Waals surface area (Å²) in [5, 5.41) is 24.3. The SMILES string of the molecule is CCC(C)NS(=O)(=O)c1ccc(NC(=O)c2cc([N+](=O)[O-])cc([N+](=O)[O-])c2)cc1. The summed E-state index contributed by atoms with van der Waals surface area (Å²) in [5.74, 6) is -0.815. The number of benzene rings is 2. The van der Waals surface area contributed by atoms with Gasteiger partial charge in [-0.25, -0.2) is 13.1 Å². The Morgan fingerprint density at radius 2 is 1.55 bits per heavy atom. The van der Waals surface area contributed by atoms with Crippen molar-refractivity contribution in [2.24, 2.45) is 0 Å². The summed E-state index contributed by atoms with van der Waals surface area (Å²) in [5.41, 5.74) is -1.25. The molecule has 1 unspecified atom stereocenters. The first-order valence-electron chi connectivity index (χ1n) is 8.41. The molecule has 2 aromatic rings. The summed E-state index contributed by atoms with van der Waals surface area (Å²) in [6.45, 7) is 3.56. The Labute approximate surface area is 166 Å². The molecular weight excluding hydrogens is 404 g/mol. The minimum atomic E-state index is -3.71. The molecule has 0 aliphatic carbocycles. The van der Waals surface area contributed by atoms with Gasteiger partial charge < -0.3 is 5.32 Å². The molecule has 0 fully saturated rings. The van der Waals surface area contributed by atoms with E-state index in [1.807, 2.05) is 6.92 Å². The van der Waals surface area contributed by atoms with E-state index >= 15 is 0 Å². The molecule has 0 aliphatic heterocycles. The zero-order valence-corrected chi connectivity index (χ0v) is 16.3. The largest absolute Gasteiger partial charge is 0.322 e. The maximum absolute atomic E-state index is 12.3. The quantitative estimate of drug-likeness (QED) is 0.488. The molecule has 11 nitrogen and oxygen atoms in total. The van der Waals surface area contributed by atoms with E-state index in [2.05, 4.69) is 10.0 Å². The number of anilines is 1. The van der Waals surface area contributed by atoms with Crippen LogP contribution < -0.4 is 10.0 Å². The topological polar surface area (TPSA) is 162 Å². The van der Waals surface area contributed by atoms with Gasteiger partial charge in [0.25, 0.3) is 17.3 Å². The molecule has 0 spiro atoms. The smallest absolute Gasteiger partial charge is 0.277 e. The summed E-state index contributed by atoms with van der Waals surface area (Å²) in [7, 11) is -3.71. The normalized spacial score (nSPS) is 12.2.